The van der Waals surface area contributed by atoms with Gasteiger partial charge in [0.1, 0.15) is 0 Å². The summed E-state index contributed by atoms with van der Waals surface area (Å²) in [6.45, 7) is 12.1. The molecule has 4 unspecified atom stereocenters. The van der Waals surface area contributed by atoms with Gasteiger partial charge in [0.2, 0.25) is 0 Å². The van der Waals surface area contributed by atoms with Crippen molar-refractivity contribution in [2.45, 2.75) is 83.3 Å². The van der Waals surface area contributed by atoms with Crippen molar-refractivity contribution in [2.24, 2.45) is 23.2 Å². The second kappa shape index (κ2) is 11.9. The van der Waals surface area contributed by atoms with Crippen molar-refractivity contribution < 1.29 is 19.7 Å². The molecule has 4 saturated carbocycles. The van der Waals surface area contributed by atoms with Gasteiger partial charge in [0.25, 0.3) is 0 Å². The zero-order valence-corrected chi connectivity index (χ0v) is 30.7. The van der Waals surface area contributed by atoms with Gasteiger partial charge in [-0.2, -0.15) is 0 Å². The molecule has 1 N–H and O–H groups in total. The summed E-state index contributed by atoms with van der Waals surface area (Å²) in [7, 11) is 0. The van der Waals surface area contributed by atoms with Crippen LogP contribution in [0.25, 0.3) is 11.1 Å². The fourth-order valence-electron chi connectivity index (χ4n) is 10.2. The molecule has 1 nitrogen and oxygen atoms in total. The van der Waals surface area contributed by atoms with Crippen LogP contribution in [0, 0.1) is 23.2 Å². The summed E-state index contributed by atoms with van der Waals surface area (Å²) in [4.78, 5) is 0. The minimum Gasteiger partial charge on any atom is -0.0622 e. The van der Waals surface area contributed by atoms with E-state index < -0.39 is 19.7 Å². The largest absolute Gasteiger partial charge is 0.0622 e. The summed E-state index contributed by atoms with van der Waals surface area (Å²) in [5.74, 6) is 2.66. The Bertz CT molecular complexity index is 1410. The number of nitrogens with one attached hydrogen (secondary N) is 1. The third kappa shape index (κ3) is 6.09. The summed E-state index contributed by atoms with van der Waals surface area (Å²) < 4.78 is 9.47. The molecule has 3 aromatic rings. The van der Waals surface area contributed by atoms with Gasteiger partial charge in [-0.1, -0.05) is 60.7 Å². The van der Waals surface area contributed by atoms with Crippen molar-refractivity contribution in [3.05, 3.63) is 111 Å². The summed E-state index contributed by atoms with van der Waals surface area (Å²) in [5, 5.41) is 1.69. The van der Waals surface area contributed by atoms with Crippen LogP contribution in [0.2, 0.25) is 4.63 Å². The normalized spacial score (nSPS) is 31.4. The maximum atomic E-state index is 4.74. The molecular formula is C39H51NSiZr. The molecule has 4 bridgehead atoms. The van der Waals surface area contributed by atoms with E-state index in [4.69, 9.17) is 3.26 Å². The summed E-state index contributed by atoms with van der Waals surface area (Å²) >= 11 is -2.73. The summed E-state index contributed by atoms with van der Waals surface area (Å²) in [5.41, 5.74) is 8.55. The average molecular weight is 653 g/mol. The van der Waals surface area contributed by atoms with Crippen molar-refractivity contribution in [1.82, 2.24) is 3.26 Å². The van der Waals surface area contributed by atoms with Crippen LogP contribution in [-0.2, 0) is 19.7 Å². The SMILES string of the molecule is CC1=C(C)C(C)[C]([Zr]([CH3])([NH]C23CC4CC(CC(C)(C4)C2)C3)[SiH2]c2ccccc2)=C1C.c1ccc(-c2ccccc2)cc1. The van der Waals surface area contributed by atoms with Gasteiger partial charge in [-0.15, -0.1) is 0 Å². The maximum Gasteiger partial charge on any atom is -0.0184 e. The minimum absolute atomic E-state index is 0.323. The monoisotopic (exact) mass is 651 g/mol. The molecule has 0 saturated heterocycles. The van der Waals surface area contributed by atoms with Crippen LogP contribution in [-0.4, -0.2) is 12.2 Å². The Hall–Kier alpha value is -1.80. The van der Waals surface area contributed by atoms with Gasteiger partial charge in [0.05, 0.1) is 0 Å². The zero-order valence-electron chi connectivity index (χ0n) is 26.8. The molecule has 220 valence electrons. The molecule has 5 aliphatic rings. The number of hydrogen-bond donors (Lipinski definition) is 1. The Labute approximate surface area is 261 Å². The van der Waals surface area contributed by atoms with Crippen molar-refractivity contribution in [1.29, 1.82) is 0 Å². The van der Waals surface area contributed by atoms with Crippen molar-refractivity contribution in [3.63, 3.8) is 0 Å². The molecule has 0 amide bonds. The number of hydrogen-bond acceptors (Lipinski definition) is 1. The first-order chi connectivity index (χ1) is 20.1. The van der Waals surface area contributed by atoms with Gasteiger partial charge in [-0.05, 0) is 11.1 Å². The van der Waals surface area contributed by atoms with Crippen molar-refractivity contribution in [2.75, 3.05) is 0 Å². The topological polar surface area (TPSA) is 12.0 Å². The smallest absolute Gasteiger partial charge is 0.0184 e. The van der Waals surface area contributed by atoms with Crippen LogP contribution in [0.1, 0.15) is 73.1 Å². The first-order valence-corrected chi connectivity index (χ1v) is 28.0. The average Bonchev–Trinajstić information content (AvgIpc) is 3.15. The molecule has 3 aromatic carbocycles. The van der Waals surface area contributed by atoms with Crippen LogP contribution in [0.5, 0.6) is 0 Å². The van der Waals surface area contributed by atoms with E-state index in [1.165, 1.54) is 49.7 Å². The van der Waals surface area contributed by atoms with Gasteiger partial charge in [-0.25, -0.2) is 0 Å². The molecule has 3 heteroatoms. The molecule has 8 rings (SSSR count). The van der Waals surface area contributed by atoms with Crippen molar-refractivity contribution >= 4 is 11.8 Å². The van der Waals surface area contributed by atoms with Crippen LogP contribution < -0.4 is 8.45 Å². The van der Waals surface area contributed by atoms with E-state index in [0.717, 1.165) is 11.8 Å². The summed E-state index contributed by atoms with van der Waals surface area (Å²) in [6.07, 6.45) is 8.94. The van der Waals surface area contributed by atoms with E-state index in [1.807, 2.05) is 15.4 Å². The van der Waals surface area contributed by atoms with Gasteiger partial charge in [0.15, 0.2) is 0 Å². The first kappa shape index (κ1) is 30.2. The molecule has 0 heterocycles. The van der Waals surface area contributed by atoms with E-state index >= 15 is 0 Å². The van der Waals surface area contributed by atoms with E-state index in [9.17, 15) is 0 Å². The second-order valence-corrected chi connectivity index (χ2v) is 35.6. The summed E-state index contributed by atoms with van der Waals surface area (Å²) in [6, 6.07) is 32.4. The fraction of sp³-hybridized carbons (Fsp3) is 0.436. The Morgan fingerprint density at radius 1 is 0.714 bits per heavy atom. The predicted molar refractivity (Wildman–Crippen MR) is 181 cm³/mol. The van der Waals surface area contributed by atoms with E-state index in [1.54, 1.807) is 21.9 Å². The van der Waals surface area contributed by atoms with Gasteiger partial charge >= 0.3 is 192 Å². The first-order valence-electron chi connectivity index (χ1n) is 16.4. The third-order valence-electron chi connectivity index (χ3n) is 11.4. The number of allylic oxidation sites excluding steroid dienone is 4. The van der Waals surface area contributed by atoms with Gasteiger partial charge < -0.3 is 0 Å². The molecule has 4 fully saturated rings. The third-order valence-corrected chi connectivity index (χ3v) is 32.1. The van der Waals surface area contributed by atoms with E-state index in [0.29, 0.717) is 16.9 Å². The Balaban J connectivity index is 0.000000219. The second-order valence-electron chi connectivity index (χ2n) is 15.0. The Morgan fingerprint density at radius 3 is 1.67 bits per heavy atom. The van der Waals surface area contributed by atoms with Gasteiger partial charge in [-0.3, -0.25) is 0 Å². The van der Waals surface area contributed by atoms with E-state index in [2.05, 4.69) is 118 Å². The molecular weight excluding hydrogens is 602 g/mol. The van der Waals surface area contributed by atoms with Crippen LogP contribution >= 0.6 is 0 Å². The van der Waals surface area contributed by atoms with E-state index in [-0.39, 0.29) is 6.65 Å². The quantitative estimate of drug-likeness (QED) is 0.262. The minimum atomic E-state index is -2.73. The molecule has 0 aromatic heterocycles. The molecule has 42 heavy (non-hydrogen) atoms. The zero-order chi connectivity index (χ0) is 29.5. The molecule has 0 aliphatic heterocycles. The molecule has 0 radical (unpaired) electrons. The molecule has 5 aliphatic carbocycles. The number of benzene rings is 3. The Kier molecular flexibility index (Phi) is 8.60. The van der Waals surface area contributed by atoms with Crippen LogP contribution in [0.15, 0.2) is 111 Å². The van der Waals surface area contributed by atoms with Gasteiger partial charge in [0, 0.05) is 0 Å². The fourth-order valence-corrected chi connectivity index (χ4v) is 36.5. The van der Waals surface area contributed by atoms with Crippen molar-refractivity contribution in [3.8, 4) is 11.1 Å². The van der Waals surface area contributed by atoms with Crippen LogP contribution in [0.3, 0.4) is 0 Å². The standard InChI is InChI=1S/C12H10.C11H18N.C9H13.C6H7Si.CH3.Zr/c1-3-7-11(8-4-1)12-9-5-2-6-10-12;1-10-3-8-2-9(4-10)6-11(12,5-8)7-10;1-6-5-7(2)9(4)8(6)3;7-6-4-2-1-3-5-6;;/h1-10H;8-9,12H,2-7H2,1H3;6H,1-4H3;1-5H,7H2;1H3;/q;-1;;;;+1. The molecule has 0 spiro atoms. The molecule has 4 atom stereocenters. The van der Waals surface area contributed by atoms with Crippen LogP contribution in [0.4, 0.5) is 0 Å². The Morgan fingerprint density at radius 2 is 1.21 bits per heavy atom. The number of rotatable bonds is 6. The predicted octanol–water partition coefficient (Wildman–Crippen LogP) is 9.07. The maximum absolute atomic E-state index is 4.74.